The van der Waals surface area contributed by atoms with Crippen LogP contribution in [0.15, 0.2) is 0 Å². The van der Waals surface area contributed by atoms with Crippen LogP contribution in [0, 0.1) is 5.92 Å². The van der Waals surface area contributed by atoms with Gasteiger partial charge in [0.1, 0.15) is 0 Å². The van der Waals surface area contributed by atoms with Crippen LogP contribution in [0.25, 0.3) is 0 Å². The molecule has 114 valence electrons. The Labute approximate surface area is 117 Å². The maximum Gasteiger partial charge on any atom is 0.319 e. The number of hydrogen-bond donors (Lipinski definition) is 1. The standard InChI is InChI=1S/C13H20O7/c1-7-13(6-14)12(4)18-10(2,17-7)8(9(15)16-5)11(3,19-12)20-13/h7-8,14H,6H2,1-5H3/t7-,8+,10+,11+,12-,13-/m0/s1. The van der Waals surface area contributed by atoms with E-state index in [0.29, 0.717) is 0 Å². The quantitative estimate of drug-likeness (QED) is 0.724. The largest absolute Gasteiger partial charge is 0.468 e. The molecular formula is C13H20O7. The van der Waals surface area contributed by atoms with Gasteiger partial charge >= 0.3 is 5.97 Å². The van der Waals surface area contributed by atoms with E-state index in [0.717, 1.165) is 0 Å². The van der Waals surface area contributed by atoms with E-state index in [1.54, 1.807) is 27.7 Å². The van der Waals surface area contributed by atoms with Crippen molar-refractivity contribution in [1.82, 2.24) is 0 Å². The Hall–Kier alpha value is -0.730. The fourth-order valence-electron chi connectivity index (χ4n) is 3.94. The van der Waals surface area contributed by atoms with E-state index in [1.165, 1.54) is 7.11 Å². The maximum absolute atomic E-state index is 12.2. The molecule has 3 rings (SSSR count). The van der Waals surface area contributed by atoms with Gasteiger partial charge in [0.15, 0.2) is 23.1 Å². The molecule has 0 saturated carbocycles. The molecule has 6 atom stereocenters. The molecule has 0 aromatic carbocycles. The Morgan fingerprint density at radius 1 is 1.20 bits per heavy atom. The van der Waals surface area contributed by atoms with Crippen LogP contribution in [0.2, 0.25) is 0 Å². The molecule has 3 aliphatic rings. The second kappa shape index (κ2) is 3.72. The highest BCUT2D eigenvalue weighted by atomic mass is 16.9. The van der Waals surface area contributed by atoms with Crippen molar-refractivity contribution in [2.24, 2.45) is 5.92 Å². The molecule has 3 aliphatic heterocycles. The van der Waals surface area contributed by atoms with E-state index in [4.69, 9.17) is 23.7 Å². The summed E-state index contributed by atoms with van der Waals surface area (Å²) in [5.74, 6) is -5.15. The van der Waals surface area contributed by atoms with Crippen molar-refractivity contribution in [3.8, 4) is 0 Å². The highest BCUT2D eigenvalue weighted by Crippen LogP contribution is 2.62. The first kappa shape index (κ1) is 14.2. The summed E-state index contributed by atoms with van der Waals surface area (Å²) >= 11 is 0. The summed E-state index contributed by atoms with van der Waals surface area (Å²) in [6.45, 7) is 6.43. The lowest BCUT2D eigenvalue weighted by molar-refractivity contribution is -0.465. The Balaban J connectivity index is 2.17. The van der Waals surface area contributed by atoms with E-state index in [2.05, 4.69) is 0 Å². The second-order valence-corrected chi connectivity index (χ2v) is 6.05. The van der Waals surface area contributed by atoms with Gasteiger partial charge in [-0.05, 0) is 27.7 Å². The highest BCUT2D eigenvalue weighted by molar-refractivity contribution is 5.75. The third-order valence-corrected chi connectivity index (χ3v) is 4.74. The van der Waals surface area contributed by atoms with Crippen molar-refractivity contribution in [2.45, 2.75) is 56.8 Å². The van der Waals surface area contributed by atoms with Gasteiger partial charge in [-0.3, -0.25) is 4.79 Å². The van der Waals surface area contributed by atoms with Crippen molar-refractivity contribution in [3.63, 3.8) is 0 Å². The molecule has 20 heavy (non-hydrogen) atoms. The monoisotopic (exact) mass is 288 g/mol. The molecule has 0 amide bonds. The Morgan fingerprint density at radius 2 is 1.80 bits per heavy atom. The summed E-state index contributed by atoms with van der Waals surface area (Å²) < 4.78 is 28.5. The molecule has 3 saturated heterocycles. The molecule has 0 aromatic heterocycles. The average molecular weight is 288 g/mol. The van der Waals surface area contributed by atoms with E-state index < -0.39 is 41.0 Å². The molecule has 0 unspecified atom stereocenters. The van der Waals surface area contributed by atoms with Gasteiger partial charge < -0.3 is 28.8 Å². The number of rotatable bonds is 2. The normalized spacial score (nSPS) is 56.9. The fourth-order valence-corrected chi connectivity index (χ4v) is 3.94. The van der Waals surface area contributed by atoms with Crippen LogP contribution in [0.1, 0.15) is 27.7 Å². The predicted octanol–water partition coefficient (Wildman–Crippen LogP) is 0.151. The Kier molecular flexibility index (Phi) is 2.64. The van der Waals surface area contributed by atoms with E-state index in [-0.39, 0.29) is 6.61 Å². The SMILES string of the molecule is COC(=O)[C@@H]1[C@]2(C)O[C@@H](C)[C@]3(CO)O[C@@]1(C)O[C@]3(C)O2. The van der Waals surface area contributed by atoms with Crippen molar-refractivity contribution in [1.29, 1.82) is 0 Å². The molecule has 3 fully saturated rings. The first-order chi connectivity index (χ1) is 9.16. The smallest absolute Gasteiger partial charge is 0.319 e. The number of ether oxygens (including phenoxy) is 5. The van der Waals surface area contributed by atoms with E-state index >= 15 is 0 Å². The summed E-state index contributed by atoms with van der Waals surface area (Å²) in [6, 6.07) is 0. The van der Waals surface area contributed by atoms with E-state index in [1.807, 2.05) is 0 Å². The molecule has 3 heterocycles. The second-order valence-electron chi connectivity index (χ2n) is 6.05. The molecule has 7 nitrogen and oxygen atoms in total. The topological polar surface area (TPSA) is 83.5 Å². The zero-order chi connectivity index (χ0) is 15.0. The number of methoxy groups -OCH3 is 1. The third kappa shape index (κ3) is 1.35. The summed E-state index contributed by atoms with van der Waals surface area (Å²) in [7, 11) is 1.29. The zero-order valence-electron chi connectivity index (χ0n) is 12.3. The summed E-state index contributed by atoms with van der Waals surface area (Å²) in [4.78, 5) is 12.2. The van der Waals surface area contributed by atoms with Crippen LogP contribution < -0.4 is 0 Å². The molecule has 7 heteroatoms. The van der Waals surface area contributed by atoms with Crippen molar-refractivity contribution >= 4 is 5.97 Å². The first-order valence-electron chi connectivity index (χ1n) is 6.63. The van der Waals surface area contributed by atoms with Gasteiger partial charge in [-0.25, -0.2) is 0 Å². The van der Waals surface area contributed by atoms with Crippen molar-refractivity contribution in [3.05, 3.63) is 0 Å². The third-order valence-electron chi connectivity index (χ3n) is 4.74. The predicted molar refractivity (Wildman–Crippen MR) is 64.3 cm³/mol. The summed E-state index contributed by atoms with van der Waals surface area (Å²) in [5, 5.41) is 9.82. The van der Waals surface area contributed by atoms with E-state index in [9.17, 15) is 9.90 Å². The first-order valence-corrected chi connectivity index (χ1v) is 6.63. The summed E-state index contributed by atoms with van der Waals surface area (Å²) in [5.41, 5.74) is -1.18. The lowest BCUT2D eigenvalue weighted by Crippen LogP contribution is -2.72. The molecule has 1 N–H and O–H groups in total. The van der Waals surface area contributed by atoms with Gasteiger partial charge in [0.05, 0.1) is 19.8 Å². The van der Waals surface area contributed by atoms with Crippen LogP contribution >= 0.6 is 0 Å². The number of fused-ring (bicyclic) bond motifs is 2. The maximum atomic E-state index is 12.2. The number of aliphatic hydroxyl groups excluding tert-OH is 1. The van der Waals surface area contributed by atoms with Crippen LogP contribution in [0.3, 0.4) is 0 Å². The molecule has 3 bridgehead atoms. The van der Waals surface area contributed by atoms with Gasteiger partial charge in [-0.15, -0.1) is 0 Å². The fraction of sp³-hybridized carbons (Fsp3) is 0.923. The van der Waals surface area contributed by atoms with Crippen LogP contribution in [0.5, 0.6) is 0 Å². The molecule has 0 radical (unpaired) electrons. The highest BCUT2D eigenvalue weighted by Gasteiger charge is 2.81. The molecule has 0 spiro atoms. The minimum absolute atomic E-state index is 0.343. The number of esters is 1. The average Bonchev–Trinajstić information content (AvgIpc) is 2.49. The number of carbonyl (C=O) groups excluding carboxylic acids is 1. The Morgan fingerprint density at radius 3 is 2.35 bits per heavy atom. The van der Waals surface area contributed by atoms with Gasteiger partial charge in [-0.2, -0.15) is 0 Å². The van der Waals surface area contributed by atoms with Gasteiger partial charge in [-0.1, -0.05) is 0 Å². The Bertz CT molecular complexity index is 468. The summed E-state index contributed by atoms with van der Waals surface area (Å²) in [6.07, 6.45) is -0.507. The minimum Gasteiger partial charge on any atom is -0.468 e. The van der Waals surface area contributed by atoms with Gasteiger partial charge in [0, 0.05) is 0 Å². The zero-order valence-corrected chi connectivity index (χ0v) is 12.3. The minimum atomic E-state index is -1.28. The van der Waals surface area contributed by atoms with Gasteiger partial charge in [0.25, 0.3) is 0 Å². The van der Waals surface area contributed by atoms with Crippen LogP contribution in [-0.2, 0) is 28.5 Å². The molecular weight excluding hydrogens is 268 g/mol. The van der Waals surface area contributed by atoms with Crippen molar-refractivity contribution < 1.29 is 33.6 Å². The van der Waals surface area contributed by atoms with Crippen LogP contribution in [-0.4, -0.2) is 53.9 Å². The lowest BCUT2D eigenvalue weighted by Gasteiger charge is -2.55. The van der Waals surface area contributed by atoms with Gasteiger partial charge in [0.2, 0.25) is 5.79 Å². The number of hydrogen-bond acceptors (Lipinski definition) is 7. The lowest BCUT2D eigenvalue weighted by atomic mass is 9.84. The number of aliphatic hydroxyl groups is 1. The molecule has 0 aromatic rings. The molecule has 0 aliphatic carbocycles. The van der Waals surface area contributed by atoms with Crippen molar-refractivity contribution in [2.75, 3.05) is 13.7 Å². The number of carbonyl (C=O) groups is 1. The van der Waals surface area contributed by atoms with Crippen LogP contribution in [0.4, 0.5) is 0 Å².